The molecule has 0 spiro atoms. The number of benzene rings is 1. The molecule has 0 radical (unpaired) electrons. The van der Waals surface area contributed by atoms with Crippen LogP contribution in [0.1, 0.15) is 11.8 Å². The molecular formula is C9H11ClFNO. The molecule has 1 unspecified atom stereocenters. The summed E-state index contributed by atoms with van der Waals surface area (Å²) in [6, 6.07) is 6.46. The minimum Gasteiger partial charge on any atom is -0.358 e. The molecule has 1 fully saturated rings. The smallest absolute Gasteiger partial charge is 0.134 e. The first kappa shape index (κ1) is 10.4. The van der Waals surface area contributed by atoms with Gasteiger partial charge in [0.1, 0.15) is 12.0 Å². The normalized spacial score (nSPS) is 21.2. The van der Waals surface area contributed by atoms with Crippen molar-refractivity contribution in [2.45, 2.75) is 6.23 Å². The second-order valence-electron chi connectivity index (χ2n) is 2.76. The van der Waals surface area contributed by atoms with Gasteiger partial charge in [0.05, 0.1) is 6.61 Å². The predicted molar refractivity (Wildman–Crippen MR) is 50.3 cm³/mol. The van der Waals surface area contributed by atoms with Crippen LogP contribution in [0.5, 0.6) is 0 Å². The second kappa shape index (κ2) is 4.56. The zero-order chi connectivity index (χ0) is 8.39. The number of nitrogens with one attached hydrogen (secondary N) is 1. The van der Waals surface area contributed by atoms with Crippen LogP contribution in [0.2, 0.25) is 0 Å². The van der Waals surface area contributed by atoms with Crippen molar-refractivity contribution in [3.63, 3.8) is 0 Å². The van der Waals surface area contributed by atoms with Crippen molar-refractivity contribution in [2.75, 3.05) is 13.2 Å². The minimum atomic E-state index is -0.218. The van der Waals surface area contributed by atoms with Crippen molar-refractivity contribution < 1.29 is 9.13 Å². The Kier molecular flexibility index (Phi) is 3.66. The van der Waals surface area contributed by atoms with E-state index < -0.39 is 0 Å². The van der Waals surface area contributed by atoms with Gasteiger partial charge in [-0.1, -0.05) is 12.1 Å². The highest BCUT2D eigenvalue weighted by Gasteiger charge is 2.16. The summed E-state index contributed by atoms with van der Waals surface area (Å²) in [5, 5.41) is 3.11. The number of ether oxygens (including phenoxy) is 1. The third kappa shape index (κ3) is 2.40. The molecule has 1 saturated heterocycles. The van der Waals surface area contributed by atoms with Gasteiger partial charge in [0.25, 0.3) is 0 Å². The Balaban J connectivity index is 0.000000845. The number of halogens is 2. The maximum atomic E-state index is 12.7. The molecule has 72 valence electrons. The topological polar surface area (TPSA) is 21.3 Å². The van der Waals surface area contributed by atoms with Gasteiger partial charge in [-0.25, -0.2) is 4.39 Å². The van der Waals surface area contributed by atoms with Gasteiger partial charge < -0.3 is 4.74 Å². The van der Waals surface area contributed by atoms with E-state index in [1.165, 1.54) is 12.1 Å². The Morgan fingerprint density at radius 3 is 2.92 bits per heavy atom. The predicted octanol–water partition coefficient (Wildman–Crippen LogP) is 1.87. The van der Waals surface area contributed by atoms with Crippen molar-refractivity contribution in [1.82, 2.24) is 5.32 Å². The van der Waals surface area contributed by atoms with E-state index in [2.05, 4.69) is 5.32 Å². The monoisotopic (exact) mass is 203 g/mol. The van der Waals surface area contributed by atoms with Crippen molar-refractivity contribution in [3.05, 3.63) is 35.6 Å². The average molecular weight is 204 g/mol. The van der Waals surface area contributed by atoms with Crippen LogP contribution in [0.3, 0.4) is 0 Å². The maximum absolute atomic E-state index is 12.7. The lowest BCUT2D eigenvalue weighted by Crippen LogP contribution is -2.13. The zero-order valence-electron chi connectivity index (χ0n) is 7.00. The fourth-order valence-electron chi connectivity index (χ4n) is 1.31. The van der Waals surface area contributed by atoms with E-state index in [0.29, 0.717) is 6.61 Å². The summed E-state index contributed by atoms with van der Waals surface area (Å²) in [4.78, 5) is 0. The third-order valence-corrected chi connectivity index (χ3v) is 1.87. The minimum absolute atomic E-state index is 0. The molecule has 1 aromatic rings. The molecule has 1 aliphatic heterocycles. The van der Waals surface area contributed by atoms with Crippen LogP contribution in [0, 0.1) is 5.82 Å². The van der Waals surface area contributed by atoms with Gasteiger partial charge in [-0.05, 0) is 17.7 Å². The van der Waals surface area contributed by atoms with Crippen LogP contribution in [0.15, 0.2) is 24.3 Å². The highest BCUT2D eigenvalue weighted by atomic mass is 35.5. The molecule has 0 aliphatic carbocycles. The van der Waals surface area contributed by atoms with Crippen molar-refractivity contribution in [3.8, 4) is 0 Å². The average Bonchev–Trinajstić information content (AvgIpc) is 2.56. The molecule has 13 heavy (non-hydrogen) atoms. The fraction of sp³-hybridized carbons (Fsp3) is 0.333. The first-order valence-electron chi connectivity index (χ1n) is 3.97. The van der Waals surface area contributed by atoms with Crippen LogP contribution in [-0.4, -0.2) is 13.2 Å². The molecule has 4 heteroatoms. The van der Waals surface area contributed by atoms with Crippen LogP contribution >= 0.6 is 12.4 Å². The summed E-state index contributed by atoms with van der Waals surface area (Å²) in [6.07, 6.45) is -0.124. The van der Waals surface area contributed by atoms with E-state index in [1.54, 1.807) is 6.07 Å². The maximum Gasteiger partial charge on any atom is 0.134 e. The van der Waals surface area contributed by atoms with Crippen molar-refractivity contribution in [2.24, 2.45) is 0 Å². The Morgan fingerprint density at radius 2 is 2.31 bits per heavy atom. The van der Waals surface area contributed by atoms with E-state index in [9.17, 15) is 4.39 Å². The molecule has 0 saturated carbocycles. The van der Waals surface area contributed by atoms with Gasteiger partial charge in [0.15, 0.2) is 0 Å². The standard InChI is InChI=1S/C9H10FNO.ClH/c10-8-3-1-2-7(6-8)9-11-4-5-12-9;/h1-3,6,9,11H,4-5H2;1H. The third-order valence-electron chi connectivity index (χ3n) is 1.87. The Labute approximate surface area is 82.5 Å². The molecule has 0 bridgehead atoms. The van der Waals surface area contributed by atoms with Crippen LogP contribution < -0.4 is 5.32 Å². The zero-order valence-corrected chi connectivity index (χ0v) is 7.81. The van der Waals surface area contributed by atoms with Crippen LogP contribution in [0.25, 0.3) is 0 Å². The highest BCUT2D eigenvalue weighted by Crippen LogP contribution is 2.17. The second-order valence-corrected chi connectivity index (χ2v) is 2.76. The van der Waals surface area contributed by atoms with Gasteiger partial charge in [-0.15, -0.1) is 12.4 Å². The molecule has 1 atom stereocenters. The molecule has 1 aliphatic rings. The lowest BCUT2D eigenvalue weighted by molar-refractivity contribution is 0.102. The quantitative estimate of drug-likeness (QED) is 0.753. The Morgan fingerprint density at radius 1 is 1.46 bits per heavy atom. The molecule has 1 aromatic carbocycles. The lowest BCUT2D eigenvalue weighted by Gasteiger charge is -2.09. The van der Waals surface area contributed by atoms with Gasteiger partial charge in [0, 0.05) is 6.54 Å². The van der Waals surface area contributed by atoms with Gasteiger partial charge in [-0.3, -0.25) is 5.32 Å². The molecule has 1 N–H and O–H groups in total. The number of rotatable bonds is 1. The highest BCUT2D eigenvalue weighted by molar-refractivity contribution is 5.85. The van der Waals surface area contributed by atoms with Gasteiger partial charge in [-0.2, -0.15) is 0 Å². The first-order valence-corrected chi connectivity index (χ1v) is 3.97. The van der Waals surface area contributed by atoms with Gasteiger partial charge >= 0.3 is 0 Å². The van der Waals surface area contributed by atoms with Crippen LogP contribution in [0.4, 0.5) is 4.39 Å². The fourth-order valence-corrected chi connectivity index (χ4v) is 1.31. The van der Waals surface area contributed by atoms with E-state index >= 15 is 0 Å². The first-order chi connectivity index (χ1) is 5.86. The van der Waals surface area contributed by atoms with E-state index in [-0.39, 0.29) is 24.5 Å². The summed E-state index contributed by atoms with van der Waals surface area (Å²) in [6.45, 7) is 1.53. The summed E-state index contributed by atoms with van der Waals surface area (Å²) in [5.41, 5.74) is 0.854. The Bertz CT molecular complexity index is 276. The largest absolute Gasteiger partial charge is 0.358 e. The molecule has 0 aromatic heterocycles. The summed E-state index contributed by atoms with van der Waals surface area (Å²) < 4.78 is 18.1. The summed E-state index contributed by atoms with van der Waals surface area (Å²) >= 11 is 0. The molecule has 2 rings (SSSR count). The van der Waals surface area contributed by atoms with Gasteiger partial charge in [0.2, 0.25) is 0 Å². The number of hydrogen-bond acceptors (Lipinski definition) is 2. The van der Waals surface area contributed by atoms with E-state index in [1.807, 2.05) is 6.07 Å². The van der Waals surface area contributed by atoms with E-state index in [0.717, 1.165) is 12.1 Å². The number of hydrogen-bond donors (Lipinski definition) is 1. The molecule has 1 heterocycles. The SMILES string of the molecule is Cl.Fc1cccc(C2NCCO2)c1. The summed E-state index contributed by atoms with van der Waals surface area (Å²) in [7, 11) is 0. The van der Waals surface area contributed by atoms with E-state index in [4.69, 9.17) is 4.74 Å². The van der Waals surface area contributed by atoms with Crippen molar-refractivity contribution >= 4 is 12.4 Å². The summed E-state index contributed by atoms with van der Waals surface area (Å²) in [5.74, 6) is -0.218. The molecular weight excluding hydrogens is 193 g/mol. The molecule has 0 amide bonds. The van der Waals surface area contributed by atoms with Crippen LogP contribution in [-0.2, 0) is 4.74 Å². The molecule has 2 nitrogen and oxygen atoms in total. The Hall–Kier alpha value is -0.640. The van der Waals surface area contributed by atoms with Crippen molar-refractivity contribution in [1.29, 1.82) is 0 Å². The lowest BCUT2D eigenvalue weighted by atomic mass is 10.2.